The highest BCUT2D eigenvalue weighted by molar-refractivity contribution is 9.11. The van der Waals surface area contributed by atoms with E-state index in [1.807, 2.05) is 28.5 Å². The molecule has 3 aromatic rings. The Morgan fingerprint density at radius 3 is 2.68 bits per heavy atom. The van der Waals surface area contributed by atoms with E-state index in [0.29, 0.717) is 0 Å². The lowest BCUT2D eigenvalue weighted by Gasteiger charge is -2.05. The van der Waals surface area contributed by atoms with Crippen molar-refractivity contribution in [2.45, 2.75) is 10.6 Å². The van der Waals surface area contributed by atoms with Crippen LogP contribution in [0.15, 0.2) is 62.6 Å². The van der Waals surface area contributed by atoms with Gasteiger partial charge in [-0.1, -0.05) is 30.3 Å². The SMILES string of the molecule is Brc1cnn2c(Br)cc(SCc3ccccc3)cc12. The van der Waals surface area contributed by atoms with Crippen molar-refractivity contribution in [2.75, 3.05) is 0 Å². The second-order valence-corrected chi connectivity index (χ2v) is 6.79. The van der Waals surface area contributed by atoms with Crippen molar-refractivity contribution in [3.05, 3.63) is 63.3 Å². The standard InChI is InChI=1S/C14H10Br2N2S/c15-12-8-17-18-13(12)6-11(7-14(18)16)19-9-10-4-2-1-3-5-10/h1-8H,9H2. The molecule has 0 aliphatic rings. The van der Waals surface area contributed by atoms with Crippen molar-refractivity contribution in [3.8, 4) is 0 Å². The Labute approximate surface area is 132 Å². The van der Waals surface area contributed by atoms with E-state index in [-0.39, 0.29) is 0 Å². The predicted octanol–water partition coefficient (Wildman–Crippen LogP) is 5.15. The zero-order valence-corrected chi connectivity index (χ0v) is 13.9. The molecule has 0 N–H and O–H groups in total. The van der Waals surface area contributed by atoms with Crippen LogP contribution in [0.1, 0.15) is 5.56 Å². The average Bonchev–Trinajstić information content (AvgIpc) is 2.80. The van der Waals surface area contributed by atoms with Gasteiger partial charge in [-0.15, -0.1) is 11.8 Å². The molecule has 0 spiro atoms. The Balaban J connectivity index is 1.87. The summed E-state index contributed by atoms with van der Waals surface area (Å²) in [6, 6.07) is 14.7. The van der Waals surface area contributed by atoms with E-state index in [4.69, 9.17) is 0 Å². The molecule has 0 atom stereocenters. The molecule has 19 heavy (non-hydrogen) atoms. The van der Waals surface area contributed by atoms with Gasteiger partial charge in [0, 0.05) is 10.6 Å². The van der Waals surface area contributed by atoms with Crippen molar-refractivity contribution in [1.29, 1.82) is 0 Å². The number of benzene rings is 1. The van der Waals surface area contributed by atoms with Crippen LogP contribution in [0.2, 0.25) is 0 Å². The summed E-state index contributed by atoms with van der Waals surface area (Å²) in [6.07, 6.45) is 1.81. The zero-order valence-electron chi connectivity index (χ0n) is 9.88. The van der Waals surface area contributed by atoms with E-state index in [9.17, 15) is 0 Å². The van der Waals surface area contributed by atoms with Gasteiger partial charge in [0.25, 0.3) is 0 Å². The smallest absolute Gasteiger partial charge is 0.109 e. The minimum atomic E-state index is 0.964. The molecule has 0 fully saturated rings. The maximum Gasteiger partial charge on any atom is 0.109 e. The third-order valence-corrected chi connectivity index (χ3v) is 4.97. The van der Waals surface area contributed by atoms with Crippen molar-refractivity contribution in [1.82, 2.24) is 9.61 Å². The normalized spacial score (nSPS) is 11.1. The van der Waals surface area contributed by atoms with Crippen LogP contribution in [-0.4, -0.2) is 9.61 Å². The fourth-order valence-electron chi connectivity index (χ4n) is 1.82. The Morgan fingerprint density at radius 2 is 1.89 bits per heavy atom. The second kappa shape index (κ2) is 5.69. The first-order chi connectivity index (χ1) is 9.24. The van der Waals surface area contributed by atoms with Crippen LogP contribution in [0.5, 0.6) is 0 Å². The maximum absolute atomic E-state index is 4.29. The molecule has 2 aromatic heterocycles. The lowest BCUT2D eigenvalue weighted by atomic mass is 10.2. The Hall–Kier alpha value is -0.780. The molecule has 0 unspecified atom stereocenters. The first-order valence-corrected chi connectivity index (χ1v) is 8.31. The molecule has 0 radical (unpaired) electrons. The van der Waals surface area contributed by atoms with Gasteiger partial charge in [0.05, 0.1) is 16.2 Å². The highest BCUT2D eigenvalue weighted by Gasteiger charge is 2.07. The molecule has 1 aromatic carbocycles. The van der Waals surface area contributed by atoms with E-state index >= 15 is 0 Å². The molecule has 0 aliphatic heterocycles. The highest BCUT2D eigenvalue weighted by Crippen LogP contribution is 2.30. The number of halogens is 2. The highest BCUT2D eigenvalue weighted by atomic mass is 79.9. The van der Waals surface area contributed by atoms with E-state index in [2.05, 4.69) is 73.4 Å². The van der Waals surface area contributed by atoms with Gasteiger partial charge in [0.2, 0.25) is 0 Å². The first-order valence-electron chi connectivity index (χ1n) is 5.73. The minimum Gasteiger partial charge on any atom is -0.225 e. The molecule has 0 amide bonds. The first kappa shape index (κ1) is 13.2. The van der Waals surface area contributed by atoms with Crippen LogP contribution < -0.4 is 0 Å². The third kappa shape index (κ3) is 2.88. The molecular formula is C14H10Br2N2S. The summed E-state index contributed by atoms with van der Waals surface area (Å²) in [4.78, 5) is 1.23. The third-order valence-electron chi connectivity index (χ3n) is 2.75. The molecule has 0 bridgehead atoms. The summed E-state index contributed by atoms with van der Waals surface area (Å²) >= 11 is 8.89. The van der Waals surface area contributed by atoms with Gasteiger partial charge >= 0.3 is 0 Å². The molecular weight excluding hydrogens is 388 g/mol. The van der Waals surface area contributed by atoms with Crippen LogP contribution >= 0.6 is 43.6 Å². The molecule has 5 heteroatoms. The largest absolute Gasteiger partial charge is 0.225 e. The number of fused-ring (bicyclic) bond motifs is 1. The molecule has 3 rings (SSSR count). The quantitative estimate of drug-likeness (QED) is 0.449. The molecule has 96 valence electrons. The topological polar surface area (TPSA) is 17.3 Å². The fraction of sp³-hybridized carbons (Fsp3) is 0.0714. The molecule has 0 saturated carbocycles. The number of nitrogens with zero attached hydrogens (tertiary/aromatic N) is 2. The number of aromatic nitrogens is 2. The van der Waals surface area contributed by atoms with Gasteiger partial charge in [-0.3, -0.25) is 0 Å². The van der Waals surface area contributed by atoms with Crippen LogP contribution in [0.4, 0.5) is 0 Å². The number of pyridine rings is 1. The summed E-state index contributed by atoms with van der Waals surface area (Å²) in [5.41, 5.74) is 2.40. The van der Waals surface area contributed by atoms with Gasteiger partial charge in [-0.2, -0.15) is 5.10 Å². The summed E-state index contributed by atoms with van der Waals surface area (Å²) in [6.45, 7) is 0. The molecule has 2 heterocycles. The second-order valence-electron chi connectivity index (χ2n) is 4.08. The zero-order chi connectivity index (χ0) is 13.2. The van der Waals surface area contributed by atoms with Crippen LogP contribution in [0, 0.1) is 0 Å². The summed E-state index contributed by atoms with van der Waals surface area (Å²) in [5.74, 6) is 0.967. The van der Waals surface area contributed by atoms with Crippen molar-refractivity contribution in [3.63, 3.8) is 0 Å². The Bertz CT molecular complexity index is 710. The fourth-order valence-corrected chi connectivity index (χ4v) is 3.79. The van der Waals surface area contributed by atoms with Crippen LogP contribution in [0.25, 0.3) is 5.52 Å². The summed E-state index contributed by atoms with van der Waals surface area (Å²) in [5, 5.41) is 4.29. The molecule has 2 nitrogen and oxygen atoms in total. The number of rotatable bonds is 3. The number of hydrogen-bond donors (Lipinski definition) is 0. The van der Waals surface area contributed by atoms with Gasteiger partial charge in [0.1, 0.15) is 4.60 Å². The van der Waals surface area contributed by atoms with Gasteiger partial charge in [-0.25, -0.2) is 4.52 Å². The number of thioether (sulfide) groups is 1. The van der Waals surface area contributed by atoms with Gasteiger partial charge in [0.15, 0.2) is 0 Å². The van der Waals surface area contributed by atoms with Crippen molar-refractivity contribution >= 4 is 49.1 Å². The summed E-state index contributed by atoms with van der Waals surface area (Å²) < 4.78 is 3.85. The molecule has 0 aliphatic carbocycles. The monoisotopic (exact) mass is 396 g/mol. The average molecular weight is 398 g/mol. The number of hydrogen-bond acceptors (Lipinski definition) is 2. The lowest BCUT2D eigenvalue weighted by Crippen LogP contribution is -1.90. The van der Waals surface area contributed by atoms with Crippen molar-refractivity contribution < 1.29 is 0 Å². The predicted molar refractivity (Wildman–Crippen MR) is 86.6 cm³/mol. The maximum atomic E-state index is 4.29. The summed E-state index contributed by atoms with van der Waals surface area (Å²) in [7, 11) is 0. The van der Waals surface area contributed by atoms with E-state index in [0.717, 1.165) is 20.3 Å². The Morgan fingerprint density at radius 1 is 1.11 bits per heavy atom. The lowest BCUT2D eigenvalue weighted by molar-refractivity contribution is 0.927. The van der Waals surface area contributed by atoms with E-state index < -0.39 is 0 Å². The van der Waals surface area contributed by atoms with Crippen LogP contribution in [-0.2, 0) is 5.75 Å². The van der Waals surface area contributed by atoms with Gasteiger partial charge < -0.3 is 0 Å². The van der Waals surface area contributed by atoms with Crippen LogP contribution in [0.3, 0.4) is 0 Å². The Kier molecular flexibility index (Phi) is 3.96. The van der Waals surface area contributed by atoms with Gasteiger partial charge in [-0.05, 0) is 49.6 Å². The van der Waals surface area contributed by atoms with E-state index in [1.54, 1.807) is 0 Å². The van der Waals surface area contributed by atoms with Crippen molar-refractivity contribution in [2.24, 2.45) is 0 Å². The van der Waals surface area contributed by atoms with E-state index in [1.165, 1.54) is 10.5 Å². The minimum absolute atomic E-state index is 0.964. The molecule has 0 saturated heterocycles.